The molecule has 0 saturated carbocycles. The van der Waals surface area contributed by atoms with Gasteiger partial charge >= 0.3 is 0 Å². The van der Waals surface area contributed by atoms with Crippen LogP contribution in [-0.4, -0.2) is 10.9 Å². The molecule has 0 unspecified atom stereocenters. The van der Waals surface area contributed by atoms with E-state index in [1.54, 1.807) is 18.2 Å². The predicted molar refractivity (Wildman–Crippen MR) is 92.8 cm³/mol. The fourth-order valence-electron chi connectivity index (χ4n) is 2.39. The lowest BCUT2D eigenvalue weighted by molar-refractivity contribution is -0.114. The normalized spacial score (nSPS) is 11.2. The van der Waals surface area contributed by atoms with Gasteiger partial charge in [-0.1, -0.05) is 31.5 Å². The molecule has 0 spiro atoms. The molecule has 1 amide bonds. The number of rotatable bonds is 3. The molecule has 0 saturated heterocycles. The first kappa shape index (κ1) is 15.6. The Morgan fingerprint density at radius 1 is 1.22 bits per heavy atom. The maximum atomic E-state index is 11.2. The largest absolute Gasteiger partial charge is 0.436 e. The number of carbonyl (C=O) groups excluding carboxylic acids is 1. The monoisotopic (exact) mass is 328 g/mol. The van der Waals surface area contributed by atoms with E-state index in [1.807, 2.05) is 18.2 Å². The maximum absolute atomic E-state index is 11.2. The molecule has 23 heavy (non-hydrogen) atoms. The average molecular weight is 329 g/mol. The molecule has 1 heterocycles. The third-order valence-corrected chi connectivity index (χ3v) is 3.93. The second-order valence-corrected chi connectivity index (χ2v) is 6.18. The standard InChI is InChI=1S/C18H17ClN2O2/c1-10(2)12-4-7-17-16(8-12)21-18(23-17)14-9-13(20-11(3)22)5-6-15(14)19/h4-10H,1-3H3,(H,20,22). The van der Waals surface area contributed by atoms with Crippen LogP contribution >= 0.6 is 11.6 Å². The molecule has 0 aliphatic heterocycles. The van der Waals surface area contributed by atoms with Crippen LogP contribution in [0.4, 0.5) is 5.69 Å². The lowest BCUT2D eigenvalue weighted by Gasteiger charge is -2.05. The Morgan fingerprint density at radius 3 is 2.70 bits per heavy atom. The van der Waals surface area contributed by atoms with Gasteiger partial charge in [0.05, 0.1) is 10.6 Å². The summed E-state index contributed by atoms with van der Waals surface area (Å²) in [5.74, 6) is 0.724. The Morgan fingerprint density at radius 2 is 2.00 bits per heavy atom. The number of halogens is 1. The summed E-state index contributed by atoms with van der Waals surface area (Å²) >= 11 is 6.26. The van der Waals surface area contributed by atoms with Crippen LogP contribution in [-0.2, 0) is 4.79 Å². The third-order valence-electron chi connectivity index (χ3n) is 3.60. The van der Waals surface area contributed by atoms with Crippen molar-refractivity contribution in [2.75, 3.05) is 5.32 Å². The van der Waals surface area contributed by atoms with E-state index in [1.165, 1.54) is 12.5 Å². The summed E-state index contributed by atoms with van der Waals surface area (Å²) in [4.78, 5) is 15.7. The number of anilines is 1. The molecule has 0 aliphatic carbocycles. The van der Waals surface area contributed by atoms with Gasteiger partial charge in [-0.25, -0.2) is 4.98 Å². The molecule has 0 atom stereocenters. The third kappa shape index (κ3) is 3.22. The number of nitrogens with zero attached hydrogens (tertiary/aromatic N) is 1. The second-order valence-electron chi connectivity index (χ2n) is 5.78. The summed E-state index contributed by atoms with van der Waals surface area (Å²) in [5.41, 5.74) is 4.02. The van der Waals surface area contributed by atoms with E-state index in [0.29, 0.717) is 33.7 Å². The quantitative estimate of drug-likeness (QED) is 0.716. The number of hydrogen-bond donors (Lipinski definition) is 1. The number of oxazole rings is 1. The van der Waals surface area contributed by atoms with Crippen LogP contribution in [0.25, 0.3) is 22.6 Å². The number of aromatic nitrogens is 1. The lowest BCUT2D eigenvalue weighted by atomic mass is 10.0. The van der Waals surface area contributed by atoms with Crippen LogP contribution in [0.5, 0.6) is 0 Å². The lowest BCUT2D eigenvalue weighted by Crippen LogP contribution is -2.05. The van der Waals surface area contributed by atoms with Gasteiger partial charge in [-0.2, -0.15) is 0 Å². The second kappa shape index (κ2) is 6.05. The SMILES string of the molecule is CC(=O)Nc1ccc(Cl)c(-c2nc3cc(C(C)C)ccc3o2)c1. The molecule has 2 aromatic carbocycles. The van der Waals surface area contributed by atoms with Crippen LogP contribution in [0.3, 0.4) is 0 Å². The Bertz CT molecular complexity index is 884. The van der Waals surface area contributed by atoms with Gasteiger partial charge < -0.3 is 9.73 Å². The molecular formula is C18H17ClN2O2. The average Bonchev–Trinajstić information content (AvgIpc) is 2.91. The van der Waals surface area contributed by atoms with Gasteiger partial charge in [-0.15, -0.1) is 0 Å². The van der Waals surface area contributed by atoms with Crippen LogP contribution < -0.4 is 5.32 Å². The highest BCUT2D eigenvalue weighted by atomic mass is 35.5. The molecular weight excluding hydrogens is 312 g/mol. The zero-order valence-corrected chi connectivity index (χ0v) is 13.9. The van der Waals surface area contributed by atoms with Crippen molar-refractivity contribution < 1.29 is 9.21 Å². The van der Waals surface area contributed by atoms with Crippen molar-refractivity contribution in [3.05, 3.63) is 47.0 Å². The maximum Gasteiger partial charge on any atom is 0.228 e. The summed E-state index contributed by atoms with van der Waals surface area (Å²) in [5, 5.41) is 3.26. The number of fused-ring (bicyclic) bond motifs is 1. The highest BCUT2D eigenvalue weighted by molar-refractivity contribution is 6.33. The van der Waals surface area contributed by atoms with E-state index in [9.17, 15) is 4.79 Å². The van der Waals surface area contributed by atoms with Gasteiger partial charge in [0.25, 0.3) is 0 Å². The number of amides is 1. The molecule has 3 rings (SSSR count). The van der Waals surface area contributed by atoms with Crippen LogP contribution in [0, 0.1) is 0 Å². The number of carbonyl (C=O) groups is 1. The summed E-state index contributed by atoms with van der Waals surface area (Å²) in [7, 11) is 0. The summed E-state index contributed by atoms with van der Waals surface area (Å²) in [6.45, 7) is 5.73. The van der Waals surface area contributed by atoms with Crippen molar-refractivity contribution in [3.8, 4) is 11.5 Å². The van der Waals surface area contributed by atoms with E-state index in [0.717, 1.165) is 5.52 Å². The molecule has 0 fully saturated rings. The highest BCUT2D eigenvalue weighted by Gasteiger charge is 2.14. The Labute approximate surface area is 139 Å². The minimum atomic E-state index is -0.141. The number of nitrogens with one attached hydrogen (secondary N) is 1. The van der Waals surface area contributed by atoms with Crippen LogP contribution in [0.15, 0.2) is 40.8 Å². The van der Waals surface area contributed by atoms with Gasteiger partial charge in [-0.05, 0) is 41.8 Å². The first-order chi connectivity index (χ1) is 10.9. The topological polar surface area (TPSA) is 55.1 Å². The van der Waals surface area contributed by atoms with E-state index >= 15 is 0 Å². The summed E-state index contributed by atoms with van der Waals surface area (Å²) in [6.07, 6.45) is 0. The van der Waals surface area contributed by atoms with Crippen molar-refractivity contribution in [3.63, 3.8) is 0 Å². The fraction of sp³-hybridized carbons (Fsp3) is 0.222. The molecule has 0 aliphatic rings. The molecule has 5 heteroatoms. The first-order valence-electron chi connectivity index (χ1n) is 7.42. The zero-order valence-electron chi connectivity index (χ0n) is 13.2. The zero-order chi connectivity index (χ0) is 16.6. The van der Waals surface area contributed by atoms with Crippen molar-refractivity contribution in [2.24, 2.45) is 0 Å². The minimum absolute atomic E-state index is 0.141. The fourth-order valence-corrected chi connectivity index (χ4v) is 2.59. The van der Waals surface area contributed by atoms with Crippen molar-refractivity contribution >= 4 is 34.3 Å². The highest BCUT2D eigenvalue weighted by Crippen LogP contribution is 2.33. The van der Waals surface area contributed by atoms with Crippen LogP contribution in [0.2, 0.25) is 5.02 Å². The molecule has 0 bridgehead atoms. The Hall–Kier alpha value is -2.33. The molecule has 3 aromatic rings. The van der Waals surface area contributed by atoms with Crippen LogP contribution in [0.1, 0.15) is 32.3 Å². The smallest absolute Gasteiger partial charge is 0.228 e. The summed E-state index contributed by atoms with van der Waals surface area (Å²) < 4.78 is 5.82. The minimum Gasteiger partial charge on any atom is -0.436 e. The number of hydrogen-bond acceptors (Lipinski definition) is 3. The summed E-state index contributed by atoms with van der Waals surface area (Å²) in [6, 6.07) is 11.2. The van der Waals surface area contributed by atoms with E-state index in [4.69, 9.17) is 16.0 Å². The van der Waals surface area contributed by atoms with E-state index in [-0.39, 0.29) is 5.91 Å². The van der Waals surface area contributed by atoms with Crippen molar-refractivity contribution in [1.29, 1.82) is 0 Å². The molecule has 118 valence electrons. The van der Waals surface area contributed by atoms with Gasteiger partial charge in [0.2, 0.25) is 11.8 Å². The van der Waals surface area contributed by atoms with Gasteiger partial charge in [0, 0.05) is 12.6 Å². The van der Waals surface area contributed by atoms with E-state index < -0.39 is 0 Å². The first-order valence-corrected chi connectivity index (χ1v) is 7.80. The van der Waals surface area contributed by atoms with Gasteiger partial charge in [0.1, 0.15) is 5.52 Å². The number of benzene rings is 2. The molecule has 4 nitrogen and oxygen atoms in total. The predicted octanol–water partition coefficient (Wildman–Crippen LogP) is 5.23. The van der Waals surface area contributed by atoms with Crippen molar-refractivity contribution in [1.82, 2.24) is 4.98 Å². The molecule has 1 aromatic heterocycles. The van der Waals surface area contributed by atoms with Gasteiger partial charge in [0.15, 0.2) is 5.58 Å². The Kier molecular flexibility index (Phi) is 4.09. The Balaban J connectivity index is 2.07. The molecule has 1 N–H and O–H groups in total. The molecule has 0 radical (unpaired) electrons. The van der Waals surface area contributed by atoms with Crippen molar-refractivity contribution in [2.45, 2.75) is 26.7 Å². The van der Waals surface area contributed by atoms with Gasteiger partial charge in [-0.3, -0.25) is 4.79 Å². The van der Waals surface area contributed by atoms with E-state index in [2.05, 4.69) is 24.1 Å².